The van der Waals surface area contributed by atoms with Crippen molar-refractivity contribution in [2.24, 2.45) is 5.73 Å². The maximum Gasteiger partial charge on any atom is 0.408 e. The van der Waals surface area contributed by atoms with E-state index in [4.69, 9.17) is 15.2 Å². The van der Waals surface area contributed by atoms with Crippen LogP contribution in [0.3, 0.4) is 0 Å². The van der Waals surface area contributed by atoms with Crippen molar-refractivity contribution in [1.82, 2.24) is 15.5 Å². The number of nitrogens with one attached hydrogen (secondary N) is 2. The monoisotopic (exact) mass is 640 g/mol. The number of primary amides is 1. The second kappa shape index (κ2) is 16.1. The highest BCUT2D eigenvalue weighted by Gasteiger charge is 2.40. The summed E-state index contributed by atoms with van der Waals surface area (Å²) in [5.41, 5.74) is 4.69. The van der Waals surface area contributed by atoms with E-state index in [-0.39, 0.29) is 17.7 Å². The van der Waals surface area contributed by atoms with E-state index >= 15 is 0 Å². The highest BCUT2D eigenvalue weighted by Crippen LogP contribution is 2.29. The summed E-state index contributed by atoms with van der Waals surface area (Å²) in [4.78, 5) is 68.1. The Morgan fingerprint density at radius 2 is 1.48 bits per heavy atom. The quantitative estimate of drug-likeness (QED) is 0.238. The first-order valence-electron chi connectivity index (χ1n) is 15.3. The number of amides is 4. The highest BCUT2D eigenvalue weighted by atomic mass is 16.6. The van der Waals surface area contributed by atoms with Gasteiger partial charge in [-0.25, -0.2) is 9.59 Å². The number of aromatic hydroxyl groups is 1. The molecule has 252 valence electrons. The normalized spacial score (nSPS) is 14.2. The number of hydrogen-bond acceptors (Lipinski definition) is 8. The van der Waals surface area contributed by atoms with Crippen molar-refractivity contribution in [3.63, 3.8) is 0 Å². The number of alkyl carbamates (subject to hydrolysis) is 1. The fourth-order valence-corrected chi connectivity index (χ4v) is 4.63. The van der Waals surface area contributed by atoms with Gasteiger partial charge in [0.15, 0.2) is 0 Å². The van der Waals surface area contributed by atoms with Crippen LogP contribution in [-0.2, 0) is 35.1 Å². The summed E-state index contributed by atoms with van der Waals surface area (Å²) in [7, 11) is 0. The van der Waals surface area contributed by atoms with Gasteiger partial charge in [0.1, 0.15) is 35.1 Å². The maximum absolute atomic E-state index is 14.3. The van der Waals surface area contributed by atoms with Crippen molar-refractivity contribution in [2.75, 3.05) is 0 Å². The number of nitrogens with two attached hydrogens (primary N) is 1. The molecule has 2 aromatic carbocycles. The Labute approximate surface area is 271 Å². The first-order chi connectivity index (χ1) is 21.3. The van der Waals surface area contributed by atoms with E-state index in [1.165, 1.54) is 23.1 Å². The molecule has 0 fully saturated rings. The second-order valence-corrected chi connectivity index (χ2v) is 13.2. The number of hydrogen-bond donors (Lipinski definition) is 4. The molecule has 12 nitrogen and oxygen atoms in total. The Hall–Kier alpha value is -4.61. The molecule has 0 aromatic heterocycles. The maximum atomic E-state index is 14.3. The van der Waals surface area contributed by atoms with Crippen LogP contribution in [0.25, 0.3) is 0 Å². The van der Waals surface area contributed by atoms with Gasteiger partial charge in [-0.2, -0.15) is 0 Å². The van der Waals surface area contributed by atoms with Gasteiger partial charge in [-0.05, 0) is 78.1 Å². The molecule has 0 aliphatic heterocycles. The molecule has 4 amide bonds. The van der Waals surface area contributed by atoms with E-state index in [0.29, 0.717) is 6.42 Å². The molecule has 4 unspecified atom stereocenters. The zero-order chi connectivity index (χ0) is 34.8. The number of carbonyl (C=O) groups is 5. The third-order valence-electron chi connectivity index (χ3n) is 6.72. The van der Waals surface area contributed by atoms with Gasteiger partial charge in [0.2, 0.25) is 17.7 Å². The van der Waals surface area contributed by atoms with Gasteiger partial charge in [0.25, 0.3) is 0 Å². The number of carbonyl (C=O) groups excluding carboxylic acids is 5. The predicted molar refractivity (Wildman–Crippen MR) is 172 cm³/mol. The van der Waals surface area contributed by atoms with Crippen molar-refractivity contribution in [1.29, 1.82) is 0 Å². The average Bonchev–Trinajstić information content (AvgIpc) is 2.92. The third kappa shape index (κ3) is 12.1. The molecule has 4 atom stereocenters. The molecule has 0 aliphatic carbocycles. The van der Waals surface area contributed by atoms with Crippen molar-refractivity contribution in [3.05, 3.63) is 65.7 Å². The Bertz CT molecular complexity index is 1370. The van der Waals surface area contributed by atoms with Gasteiger partial charge in [-0.1, -0.05) is 49.4 Å². The van der Waals surface area contributed by atoms with Crippen LogP contribution in [0.4, 0.5) is 4.79 Å². The fourth-order valence-electron chi connectivity index (χ4n) is 4.63. The molecule has 0 aliphatic rings. The number of benzene rings is 2. The SMILES string of the molecule is CCC(C)N(C(=O)C(CC(N)=O)NC(=O)OC(C)(C)C)C(C(=O)NC(Cc1ccccc1)C(=O)OC(C)(C)C)c1cccc(O)c1. The summed E-state index contributed by atoms with van der Waals surface area (Å²) in [6.07, 6.45) is -1.07. The van der Waals surface area contributed by atoms with E-state index < -0.39 is 71.6 Å². The van der Waals surface area contributed by atoms with Crippen LogP contribution in [0.5, 0.6) is 5.75 Å². The minimum absolute atomic E-state index is 0.0933. The van der Waals surface area contributed by atoms with Gasteiger partial charge >= 0.3 is 12.1 Å². The summed E-state index contributed by atoms with van der Waals surface area (Å²) in [6, 6.07) is 10.2. The molecule has 2 rings (SSSR count). The van der Waals surface area contributed by atoms with E-state index in [9.17, 15) is 29.1 Å². The number of nitrogens with zero attached hydrogens (tertiary/aromatic N) is 1. The second-order valence-electron chi connectivity index (χ2n) is 13.2. The van der Waals surface area contributed by atoms with Gasteiger partial charge in [-0.3, -0.25) is 14.4 Å². The third-order valence-corrected chi connectivity index (χ3v) is 6.72. The van der Waals surface area contributed by atoms with E-state index in [2.05, 4.69) is 10.6 Å². The lowest BCUT2D eigenvalue weighted by atomic mass is 9.98. The van der Waals surface area contributed by atoms with Crippen LogP contribution < -0.4 is 16.4 Å². The Balaban J connectivity index is 2.64. The Morgan fingerprint density at radius 3 is 2.00 bits per heavy atom. The number of esters is 1. The van der Waals surface area contributed by atoms with Crippen molar-refractivity contribution in [2.45, 2.75) is 110 Å². The van der Waals surface area contributed by atoms with Gasteiger partial charge < -0.3 is 35.8 Å². The van der Waals surface area contributed by atoms with E-state index in [0.717, 1.165) is 5.56 Å². The minimum Gasteiger partial charge on any atom is -0.508 e. The smallest absolute Gasteiger partial charge is 0.408 e. The topological polar surface area (TPSA) is 177 Å². The van der Waals surface area contributed by atoms with Crippen molar-refractivity contribution in [3.8, 4) is 5.75 Å². The lowest BCUT2D eigenvalue weighted by molar-refractivity contribution is -0.159. The summed E-state index contributed by atoms with van der Waals surface area (Å²) >= 11 is 0. The number of phenols is 1. The van der Waals surface area contributed by atoms with Crippen LogP contribution in [0, 0.1) is 0 Å². The highest BCUT2D eigenvalue weighted by molar-refractivity contribution is 5.96. The van der Waals surface area contributed by atoms with Gasteiger partial charge in [0.05, 0.1) is 6.42 Å². The van der Waals surface area contributed by atoms with Crippen LogP contribution in [0.15, 0.2) is 54.6 Å². The summed E-state index contributed by atoms with van der Waals surface area (Å²) in [5.74, 6) is -3.26. The number of phenolic OH excluding ortho intramolecular Hbond substituents is 1. The molecule has 46 heavy (non-hydrogen) atoms. The van der Waals surface area contributed by atoms with E-state index in [1.807, 2.05) is 18.2 Å². The number of rotatable bonds is 13. The molecule has 0 spiro atoms. The molecule has 0 saturated carbocycles. The lowest BCUT2D eigenvalue weighted by Gasteiger charge is -2.38. The van der Waals surface area contributed by atoms with Gasteiger partial charge in [-0.15, -0.1) is 0 Å². The van der Waals surface area contributed by atoms with Crippen molar-refractivity contribution >= 4 is 29.8 Å². The summed E-state index contributed by atoms with van der Waals surface area (Å²) in [5, 5.41) is 15.6. The summed E-state index contributed by atoms with van der Waals surface area (Å²) < 4.78 is 10.9. The fraction of sp³-hybridized carbons (Fsp3) is 0.500. The lowest BCUT2D eigenvalue weighted by Crippen LogP contribution is -2.57. The van der Waals surface area contributed by atoms with Gasteiger partial charge in [0, 0.05) is 12.5 Å². The average molecular weight is 641 g/mol. The Kier molecular flexibility index (Phi) is 13.2. The molecular weight excluding hydrogens is 592 g/mol. The zero-order valence-corrected chi connectivity index (χ0v) is 28.0. The molecule has 0 heterocycles. The van der Waals surface area contributed by atoms with Crippen LogP contribution in [-0.4, -0.2) is 69.1 Å². The number of ether oxygens (including phenoxy) is 2. The van der Waals surface area contributed by atoms with E-state index in [1.54, 1.807) is 73.6 Å². The van der Waals surface area contributed by atoms with Crippen LogP contribution >= 0.6 is 0 Å². The first-order valence-corrected chi connectivity index (χ1v) is 15.3. The molecule has 12 heteroatoms. The van der Waals surface area contributed by atoms with Crippen molar-refractivity contribution < 1.29 is 38.6 Å². The summed E-state index contributed by atoms with van der Waals surface area (Å²) in [6.45, 7) is 13.5. The molecule has 0 saturated heterocycles. The predicted octanol–water partition coefficient (Wildman–Crippen LogP) is 3.90. The first kappa shape index (κ1) is 37.6. The molecule has 5 N–H and O–H groups in total. The largest absolute Gasteiger partial charge is 0.508 e. The van der Waals surface area contributed by atoms with Crippen LogP contribution in [0.1, 0.15) is 85.4 Å². The van der Waals surface area contributed by atoms with Crippen LogP contribution in [0.2, 0.25) is 0 Å². The zero-order valence-electron chi connectivity index (χ0n) is 28.0. The Morgan fingerprint density at radius 1 is 0.870 bits per heavy atom. The molecule has 0 bridgehead atoms. The standard InChI is InChI=1S/C34H48N4O8/c1-9-21(2)38(30(42)25(20-27(35)40)37-32(44)46-34(6,7)8)28(23-16-13-17-24(39)19-23)29(41)36-26(31(43)45-33(3,4)5)18-22-14-11-10-12-15-22/h10-17,19,21,25-26,28,39H,9,18,20H2,1-8H3,(H2,35,40)(H,36,41)(H,37,44). The molecule has 2 aromatic rings. The minimum atomic E-state index is -1.49. The molecular formula is C34H48N4O8. The molecule has 0 radical (unpaired) electrons.